The average Bonchev–Trinajstić information content (AvgIpc) is 3.16. The van der Waals surface area contributed by atoms with Crippen LogP contribution >= 0.6 is 24.0 Å². The third kappa shape index (κ3) is 3.90. The fraction of sp³-hybridized carbons (Fsp3) is 0.588. The first-order valence-electron chi connectivity index (χ1n) is 7.79. The Kier molecular flexibility index (Phi) is 5.52. The average molecular weight is 399 g/mol. The third-order valence-corrected chi connectivity index (χ3v) is 4.92. The first kappa shape index (κ1) is 16.6. The van der Waals surface area contributed by atoms with Crippen LogP contribution in [-0.2, 0) is 5.41 Å². The van der Waals surface area contributed by atoms with E-state index in [1.807, 2.05) is 0 Å². The molecule has 0 radical (unpaired) electrons. The summed E-state index contributed by atoms with van der Waals surface area (Å²) in [6, 6.07) is 8.67. The van der Waals surface area contributed by atoms with E-state index in [1.54, 1.807) is 0 Å². The lowest BCUT2D eigenvalue weighted by Crippen LogP contribution is -2.37. The normalized spacial score (nSPS) is 20.3. The molecule has 0 unspecified atom stereocenters. The van der Waals surface area contributed by atoms with Gasteiger partial charge < -0.3 is 11.1 Å². The summed E-state index contributed by atoms with van der Waals surface area (Å²) >= 11 is 0. The number of hydrogen-bond acceptors (Lipinski definition) is 1. The van der Waals surface area contributed by atoms with Crippen LogP contribution in [0, 0.1) is 12.8 Å². The first-order valence-corrected chi connectivity index (χ1v) is 7.79. The van der Waals surface area contributed by atoms with Crippen LogP contribution in [0.15, 0.2) is 29.3 Å². The van der Waals surface area contributed by atoms with E-state index in [2.05, 4.69) is 41.5 Å². The molecule has 2 aliphatic carbocycles. The Balaban J connectivity index is 0.00000161. The highest BCUT2D eigenvalue weighted by atomic mass is 127. The predicted octanol–water partition coefficient (Wildman–Crippen LogP) is 3.35. The number of hydrogen-bond donors (Lipinski definition) is 2. The molecular formula is C17H26IN3. The van der Waals surface area contributed by atoms with Crippen molar-refractivity contribution in [2.75, 3.05) is 13.1 Å². The van der Waals surface area contributed by atoms with E-state index in [9.17, 15) is 0 Å². The second-order valence-electron chi connectivity index (χ2n) is 6.47. The van der Waals surface area contributed by atoms with Crippen molar-refractivity contribution in [3.05, 3.63) is 35.4 Å². The van der Waals surface area contributed by atoms with Crippen LogP contribution in [0.4, 0.5) is 0 Å². The highest BCUT2D eigenvalue weighted by molar-refractivity contribution is 14.0. The van der Waals surface area contributed by atoms with Gasteiger partial charge >= 0.3 is 0 Å². The molecule has 2 aliphatic rings. The minimum Gasteiger partial charge on any atom is -0.370 e. The number of benzene rings is 1. The maximum Gasteiger partial charge on any atom is 0.188 e. The zero-order chi connectivity index (χ0) is 14.0. The summed E-state index contributed by atoms with van der Waals surface area (Å²) < 4.78 is 0. The van der Waals surface area contributed by atoms with Gasteiger partial charge in [0.05, 0.1) is 6.54 Å². The van der Waals surface area contributed by atoms with Gasteiger partial charge in [0.25, 0.3) is 0 Å². The van der Waals surface area contributed by atoms with Gasteiger partial charge in [-0.3, -0.25) is 4.99 Å². The molecule has 1 aromatic carbocycles. The third-order valence-electron chi connectivity index (χ3n) is 4.92. The lowest BCUT2D eigenvalue weighted by Gasteiger charge is -2.25. The van der Waals surface area contributed by atoms with Gasteiger partial charge in [0.1, 0.15) is 0 Å². The summed E-state index contributed by atoms with van der Waals surface area (Å²) in [6.07, 6.45) is 6.52. The topological polar surface area (TPSA) is 50.4 Å². The maximum atomic E-state index is 5.99. The molecular weight excluding hydrogens is 373 g/mol. The number of aryl methyl sites for hydroxylation is 1. The summed E-state index contributed by atoms with van der Waals surface area (Å²) in [4.78, 5) is 4.59. The molecule has 0 atom stereocenters. The van der Waals surface area contributed by atoms with E-state index in [4.69, 9.17) is 5.73 Å². The van der Waals surface area contributed by atoms with Crippen LogP contribution in [-0.4, -0.2) is 19.0 Å². The van der Waals surface area contributed by atoms with E-state index in [0.717, 1.165) is 19.0 Å². The summed E-state index contributed by atoms with van der Waals surface area (Å²) in [5, 5.41) is 3.28. The lowest BCUT2D eigenvalue weighted by molar-refractivity contribution is 0.315. The van der Waals surface area contributed by atoms with Crippen molar-refractivity contribution in [2.45, 2.75) is 44.4 Å². The molecule has 0 spiro atoms. The second-order valence-corrected chi connectivity index (χ2v) is 6.47. The number of guanidine groups is 1. The van der Waals surface area contributed by atoms with E-state index in [0.29, 0.717) is 5.96 Å². The van der Waals surface area contributed by atoms with Crippen molar-refractivity contribution in [3.63, 3.8) is 0 Å². The van der Waals surface area contributed by atoms with Crippen LogP contribution in [0.3, 0.4) is 0 Å². The molecule has 0 aliphatic heterocycles. The molecule has 21 heavy (non-hydrogen) atoms. The van der Waals surface area contributed by atoms with Gasteiger partial charge in [-0.25, -0.2) is 0 Å². The van der Waals surface area contributed by atoms with Crippen molar-refractivity contribution in [2.24, 2.45) is 16.6 Å². The highest BCUT2D eigenvalue weighted by Gasteiger charge is 2.44. The molecule has 4 heteroatoms. The minimum absolute atomic E-state index is 0. The van der Waals surface area contributed by atoms with Gasteiger partial charge in [-0.1, -0.05) is 30.7 Å². The predicted molar refractivity (Wildman–Crippen MR) is 99.3 cm³/mol. The van der Waals surface area contributed by atoms with Gasteiger partial charge in [-0.15, -0.1) is 24.0 Å². The lowest BCUT2D eigenvalue weighted by atomic mass is 9.85. The summed E-state index contributed by atoms with van der Waals surface area (Å²) in [5.41, 5.74) is 9.08. The van der Waals surface area contributed by atoms with Gasteiger partial charge in [0.15, 0.2) is 5.96 Å². The van der Waals surface area contributed by atoms with E-state index in [1.165, 1.54) is 43.2 Å². The van der Waals surface area contributed by atoms with Crippen molar-refractivity contribution in [1.82, 2.24) is 5.32 Å². The van der Waals surface area contributed by atoms with Gasteiger partial charge in [-0.05, 0) is 49.7 Å². The Morgan fingerprint density at radius 3 is 2.62 bits per heavy atom. The number of aliphatic imine (C=N–C) groups is 1. The molecule has 1 aromatic rings. The van der Waals surface area contributed by atoms with Crippen molar-refractivity contribution in [3.8, 4) is 0 Å². The number of nitrogens with two attached hydrogens (primary N) is 1. The second kappa shape index (κ2) is 6.99. The Morgan fingerprint density at radius 1 is 1.33 bits per heavy atom. The molecule has 116 valence electrons. The van der Waals surface area contributed by atoms with E-state index in [-0.39, 0.29) is 29.4 Å². The Labute approximate surface area is 144 Å². The van der Waals surface area contributed by atoms with E-state index >= 15 is 0 Å². The molecule has 0 bridgehead atoms. The van der Waals surface area contributed by atoms with Gasteiger partial charge in [0, 0.05) is 12.0 Å². The SMILES string of the molecule is Cc1ccccc1C1(CN=C(N)NCC2CCC2)CC1.I. The van der Waals surface area contributed by atoms with Crippen molar-refractivity contribution in [1.29, 1.82) is 0 Å². The maximum absolute atomic E-state index is 5.99. The molecule has 3 N–H and O–H groups in total. The standard InChI is InChI=1S/C17H25N3.HI/c1-13-5-2-3-8-15(13)17(9-10-17)12-20-16(18)19-11-14-6-4-7-14;/h2-3,5,8,14H,4,6-7,9-12H2,1H3,(H3,18,19,20);1H. The van der Waals surface area contributed by atoms with Crippen LogP contribution in [0.5, 0.6) is 0 Å². The van der Waals surface area contributed by atoms with Crippen molar-refractivity contribution < 1.29 is 0 Å². The van der Waals surface area contributed by atoms with Crippen molar-refractivity contribution >= 4 is 29.9 Å². The number of nitrogens with one attached hydrogen (secondary N) is 1. The molecule has 2 saturated carbocycles. The smallest absolute Gasteiger partial charge is 0.188 e. The Hall–Kier alpha value is -0.780. The number of halogens is 1. The van der Waals surface area contributed by atoms with Crippen LogP contribution in [0.25, 0.3) is 0 Å². The summed E-state index contributed by atoms with van der Waals surface area (Å²) in [5.74, 6) is 1.44. The molecule has 0 saturated heterocycles. The number of rotatable bonds is 5. The highest BCUT2D eigenvalue weighted by Crippen LogP contribution is 2.49. The Bertz CT molecular complexity index is 505. The fourth-order valence-corrected chi connectivity index (χ4v) is 3.07. The van der Waals surface area contributed by atoms with E-state index < -0.39 is 0 Å². The summed E-state index contributed by atoms with van der Waals surface area (Å²) in [7, 11) is 0. The minimum atomic E-state index is 0. The van der Waals surface area contributed by atoms with Gasteiger partial charge in [-0.2, -0.15) is 0 Å². The monoisotopic (exact) mass is 399 g/mol. The first-order chi connectivity index (χ1) is 9.70. The largest absolute Gasteiger partial charge is 0.370 e. The zero-order valence-electron chi connectivity index (χ0n) is 12.8. The molecule has 2 fully saturated rings. The van der Waals surface area contributed by atoms with Crippen LogP contribution < -0.4 is 11.1 Å². The summed E-state index contributed by atoms with van der Waals surface area (Å²) in [6.45, 7) is 4.01. The molecule has 3 rings (SSSR count). The van der Waals surface area contributed by atoms with Crippen LogP contribution in [0.2, 0.25) is 0 Å². The molecule has 0 aromatic heterocycles. The number of nitrogens with zero attached hydrogens (tertiary/aromatic N) is 1. The molecule has 3 nitrogen and oxygen atoms in total. The van der Waals surface area contributed by atoms with Gasteiger partial charge in [0.2, 0.25) is 0 Å². The Morgan fingerprint density at radius 2 is 2.05 bits per heavy atom. The molecule has 0 heterocycles. The van der Waals surface area contributed by atoms with Crippen LogP contribution in [0.1, 0.15) is 43.2 Å². The zero-order valence-corrected chi connectivity index (χ0v) is 15.1. The molecule has 0 amide bonds. The fourth-order valence-electron chi connectivity index (χ4n) is 3.07. The quantitative estimate of drug-likeness (QED) is 0.453.